The summed E-state index contributed by atoms with van der Waals surface area (Å²) in [4.78, 5) is 22.2. The average molecular weight is 343 g/mol. The summed E-state index contributed by atoms with van der Waals surface area (Å²) >= 11 is 0. The van der Waals surface area contributed by atoms with Crippen LogP contribution in [0.15, 0.2) is 41.5 Å². The van der Waals surface area contributed by atoms with Crippen LogP contribution in [0.2, 0.25) is 0 Å². The van der Waals surface area contributed by atoms with Crippen molar-refractivity contribution in [2.45, 2.75) is 6.92 Å². The van der Waals surface area contributed by atoms with E-state index in [1.54, 1.807) is 19.2 Å². The SMILES string of the molecule is COc1cc(C)c(/C=N\NC(=O)c2cccc([N+](=O)[O-])c2)cc1OC. The summed E-state index contributed by atoms with van der Waals surface area (Å²) in [6.45, 7) is 1.87. The third-order valence-electron chi connectivity index (χ3n) is 3.46. The number of hydrazone groups is 1. The number of nitro benzene ring substituents is 1. The number of ether oxygens (including phenoxy) is 2. The van der Waals surface area contributed by atoms with Crippen molar-refractivity contribution in [2.75, 3.05) is 14.2 Å². The molecule has 8 nitrogen and oxygen atoms in total. The van der Waals surface area contributed by atoms with Crippen molar-refractivity contribution in [2.24, 2.45) is 5.10 Å². The van der Waals surface area contributed by atoms with Gasteiger partial charge in [-0.05, 0) is 30.7 Å². The fourth-order valence-electron chi connectivity index (χ4n) is 2.12. The van der Waals surface area contributed by atoms with Crippen LogP contribution in [-0.4, -0.2) is 31.3 Å². The van der Waals surface area contributed by atoms with Gasteiger partial charge in [0, 0.05) is 23.3 Å². The molecular formula is C17H17N3O5. The lowest BCUT2D eigenvalue weighted by atomic mass is 10.1. The largest absolute Gasteiger partial charge is 0.493 e. The molecule has 1 N–H and O–H groups in total. The summed E-state index contributed by atoms with van der Waals surface area (Å²) in [7, 11) is 3.07. The zero-order valence-electron chi connectivity index (χ0n) is 14.0. The number of hydrogen-bond donors (Lipinski definition) is 1. The van der Waals surface area contributed by atoms with Gasteiger partial charge in [0.25, 0.3) is 11.6 Å². The van der Waals surface area contributed by atoms with Crippen LogP contribution in [-0.2, 0) is 0 Å². The van der Waals surface area contributed by atoms with Gasteiger partial charge in [-0.25, -0.2) is 5.43 Å². The highest BCUT2D eigenvalue weighted by Crippen LogP contribution is 2.29. The molecule has 0 bridgehead atoms. The molecule has 2 aromatic carbocycles. The van der Waals surface area contributed by atoms with Gasteiger partial charge in [-0.1, -0.05) is 6.07 Å². The zero-order valence-corrected chi connectivity index (χ0v) is 14.0. The summed E-state index contributed by atoms with van der Waals surface area (Å²) in [6.07, 6.45) is 1.46. The fraction of sp³-hybridized carbons (Fsp3) is 0.176. The van der Waals surface area contributed by atoms with E-state index >= 15 is 0 Å². The lowest BCUT2D eigenvalue weighted by Crippen LogP contribution is -2.17. The van der Waals surface area contributed by atoms with E-state index in [-0.39, 0.29) is 11.3 Å². The van der Waals surface area contributed by atoms with Crippen molar-refractivity contribution < 1.29 is 19.2 Å². The third-order valence-corrected chi connectivity index (χ3v) is 3.46. The molecule has 0 heterocycles. The molecule has 0 radical (unpaired) electrons. The normalized spacial score (nSPS) is 10.5. The smallest absolute Gasteiger partial charge is 0.271 e. The summed E-state index contributed by atoms with van der Waals surface area (Å²) in [5, 5.41) is 14.6. The molecule has 0 aliphatic heterocycles. The number of benzene rings is 2. The van der Waals surface area contributed by atoms with Crippen LogP contribution >= 0.6 is 0 Å². The monoisotopic (exact) mass is 343 g/mol. The molecule has 2 rings (SSSR count). The summed E-state index contributed by atoms with van der Waals surface area (Å²) in [6, 6.07) is 8.94. The van der Waals surface area contributed by atoms with E-state index in [1.807, 2.05) is 6.92 Å². The first kappa shape index (κ1) is 17.9. The van der Waals surface area contributed by atoms with Gasteiger partial charge in [-0.3, -0.25) is 14.9 Å². The molecule has 0 aliphatic rings. The molecule has 0 fully saturated rings. The molecule has 0 saturated heterocycles. The lowest BCUT2D eigenvalue weighted by Gasteiger charge is -2.10. The highest BCUT2D eigenvalue weighted by Gasteiger charge is 2.11. The number of nitrogens with one attached hydrogen (secondary N) is 1. The number of carbonyl (C=O) groups is 1. The van der Waals surface area contributed by atoms with E-state index in [1.165, 1.54) is 37.6 Å². The van der Waals surface area contributed by atoms with Crippen molar-refractivity contribution >= 4 is 17.8 Å². The minimum Gasteiger partial charge on any atom is -0.493 e. The fourth-order valence-corrected chi connectivity index (χ4v) is 2.12. The van der Waals surface area contributed by atoms with E-state index in [0.29, 0.717) is 11.5 Å². The Balaban J connectivity index is 2.14. The molecule has 25 heavy (non-hydrogen) atoms. The Bertz CT molecular complexity index is 833. The van der Waals surface area contributed by atoms with Gasteiger partial charge in [0.05, 0.1) is 25.4 Å². The zero-order chi connectivity index (χ0) is 18.4. The highest BCUT2D eigenvalue weighted by atomic mass is 16.6. The maximum Gasteiger partial charge on any atom is 0.271 e. The van der Waals surface area contributed by atoms with E-state index in [4.69, 9.17) is 9.47 Å². The average Bonchev–Trinajstić information content (AvgIpc) is 2.62. The molecule has 1 amide bonds. The number of non-ortho nitro benzene ring substituents is 1. The number of nitro groups is 1. The predicted molar refractivity (Wildman–Crippen MR) is 92.4 cm³/mol. The Kier molecular flexibility index (Phi) is 5.67. The molecule has 130 valence electrons. The first-order valence-electron chi connectivity index (χ1n) is 7.26. The molecule has 0 atom stereocenters. The van der Waals surface area contributed by atoms with E-state index in [9.17, 15) is 14.9 Å². The van der Waals surface area contributed by atoms with E-state index < -0.39 is 10.8 Å². The third kappa shape index (κ3) is 4.31. The maximum absolute atomic E-state index is 12.0. The quantitative estimate of drug-likeness (QED) is 0.493. The van der Waals surface area contributed by atoms with Crippen LogP contribution in [0.4, 0.5) is 5.69 Å². The molecule has 0 aliphatic carbocycles. The van der Waals surface area contributed by atoms with Crippen molar-refractivity contribution in [3.05, 3.63) is 63.2 Å². The van der Waals surface area contributed by atoms with Gasteiger partial charge in [-0.2, -0.15) is 5.10 Å². The highest BCUT2D eigenvalue weighted by molar-refractivity contribution is 5.95. The number of methoxy groups -OCH3 is 2. The van der Waals surface area contributed by atoms with Crippen molar-refractivity contribution in [1.29, 1.82) is 0 Å². The number of aryl methyl sites for hydroxylation is 1. The number of rotatable bonds is 6. The van der Waals surface area contributed by atoms with Crippen LogP contribution in [0.1, 0.15) is 21.5 Å². The predicted octanol–water partition coefficient (Wildman–Crippen LogP) is 2.68. The van der Waals surface area contributed by atoms with Crippen LogP contribution in [0.25, 0.3) is 0 Å². The molecule has 8 heteroatoms. The minimum absolute atomic E-state index is 0.149. The molecule has 0 unspecified atom stereocenters. The van der Waals surface area contributed by atoms with Gasteiger partial charge in [-0.15, -0.1) is 0 Å². The number of hydrogen-bond acceptors (Lipinski definition) is 6. The van der Waals surface area contributed by atoms with E-state index in [2.05, 4.69) is 10.5 Å². The van der Waals surface area contributed by atoms with Gasteiger partial charge >= 0.3 is 0 Å². The standard InChI is InChI=1S/C17H17N3O5/c1-11-7-15(24-2)16(25-3)9-13(11)10-18-19-17(21)12-5-4-6-14(8-12)20(22)23/h4-10H,1-3H3,(H,19,21)/b18-10-. The van der Waals surface area contributed by atoms with Crippen LogP contribution in [0.5, 0.6) is 11.5 Å². The summed E-state index contributed by atoms with van der Waals surface area (Å²) < 4.78 is 10.4. The number of nitrogens with zero attached hydrogens (tertiary/aromatic N) is 2. The number of carbonyl (C=O) groups excluding carboxylic acids is 1. The number of amides is 1. The van der Waals surface area contributed by atoms with Gasteiger partial charge < -0.3 is 9.47 Å². The Morgan fingerprint density at radius 1 is 1.20 bits per heavy atom. The molecule has 0 aromatic heterocycles. The lowest BCUT2D eigenvalue weighted by molar-refractivity contribution is -0.384. The molecule has 2 aromatic rings. The molecule has 0 saturated carbocycles. The minimum atomic E-state index is -0.562. The van der Waals surface area contributed by atoms with Gasteiger partial charge in [0.15, 0.2) is 11.5 Å². The van der Waals surface area contributed by atoms with Gasteiger partial charge in [0.1, 0.15) is 0 Å². The molecule has 0 spiro atoms. The summed E-state index contributed by atoms with van der Waals surface area (Å²) in [5.74, 6) is 0.593. The van der Waals surface area contributed by atoms with Gasteiger partial charge in [0.2, 0.25) is 0 Å². The van der Waals surface area contributed by atoms with Crippen LogP contribution in [0, 0.1) is 17.0 Å². The Morgan fingerprint density at radius 3 is 2.52 bits per heavy atom. The van der Waals surface area contributed by atoms with Crippen LogP contribution in [0.3, 0.4) is 0 Å². The van der Waals surface area contributed by atoms with E-state index in [0.717, 1.165) is 11.1 Å². The topological polar surface area (TPSA) is 103 Å². The van der Waals surface area contributed by atoms with Crippen molar-refractivity contribution in [1.82, 2.24) is 5.43 Å². The second-order valence-corrected chi connectivity index (χ2v) is 5.07. The van der Waals surface area contributed by atoms with Crippen molar-refractivity contribution in [3.63, 3.8) is 0 Å². The Labute approximate surface area is 144 Å². The van der Waals surface area contributed by atoms with Crippen molar-refractivity contribution in [3.8, 4) is 11.5 Å². The summed E-state index contributed by atoms with van der Waals surface area (Å²) in [5.41, 5.74) is 3.95. The maximum atomic E-state index is 12.0. The Hall–Kier alpha value is -3.42. The van der Waals surface area contributed by atoms with Crippen LogP contribution < -0.4 is 14.9 Å². The first-order valence-corrected chi connectivity index (χ1v) is 7.26. The second-order valence-electron chi connectivity index (χ2n) is 5.07. The second kappa shape index (κ2) is 7.91. The Morgan fingerprint density at radius 2 is 1.88 bits per heavy atom. The molecular weight excluding hydrogens is 326 g/mol. The first-order chi connectivity index (χ1) is 12.0.